The van der Waals surface area contributed by atoms with Gasteiger partial charge in [-0.2, -0.15) is 17.0 Å². The standard InChI is InChI=1S/C15H24N2O3S/c1-11(13-8-9-13)16(3)21(19,20)17(4)12(2)14-6-5-7-15(18)10-14/h5-7,10-13,18H,8-9H2,1-4H3/t11-,12+/m1/s1. The minimum absolute atomic E-state index is 0.0221. The molecule has 1 saturated carbocycles. The molecule has 0 heterocycles. The SMILES string of the molecule is C[C@H](C1CC1)N(C)S(=O)(=O)N(C)[C@@H](C)c1cccc(O)c1. The lowest BCUT2D eigenvalue weighted by Crippen LogP contribution is -2.45. The number of hydrogen-bond acceptors (Lipinski definition) is 3. The molecule has 2 rings (SSSR count). The first-order valence-corrected chi connectivity index (χ1v) is 8.64. The Morgan fingerprint density at radius 3 is 2.33 bits per heavy atom. The molecule has 0 amide bonds. The van der Waals surface area contributed by atoms with Crippen LogP contribution in [0, 0.1) is 5.92 Å². The fourth-order valence-corrected chi connectivity index (χ4v) is 4.00. The highest BCUT2D eigenvalue weighted by molar-refractivity contribution is 7.86. The van der Waals surface area contributed by atoms with E-state index in [0.29, 0.717) is 5.92 Å². The highest BCUT2D eigenvalue weighted by atomic mass is 32.2. The van der Waals surface area contributed by atoms with Crippen molar-refractivity contribution in [2.45, 2.75) is 38.8 Å². The van der Waals surface area contributed by atoms with E-state index < -0.39 is 10.2 Å². The van der Waals surface area contributed by atoms with Crippen LogP contribution in [0.1, 0.15) is 38.3 Å². The fraction of sp³-hybridized carbons (Fsp3) is 0.600. The van der Waals surface area contributed by atoms with Crippen molar-refractivity contribution in [3.8, 4) is 5.75 Å². The molecule has 0 spiro atoms. The van der Waals surface area contributed by atoms with E-state index in [1.807, 2.05) is 19.9 Å². The van der Waals surface area contributed by atoms with E-state index in [2.05, 4.69) is 0 Å². The minimum Gasteiger partial charge on any atom is -0.508 e. The van der Waals surface area contributed by atoms with Gasteiger partial charge >= 0.3 is 0 Å². The molecule has 0 radical (unpaired) electrons. The first-order chi connectivity index (χ1) is 9.75. The van der Waals surface area contributed by atoms with Gasteiger partial charge in [-0.3, -0.25) is 0 Å². The predicted octanol–water partition coefficient (Wildman–Crippen LogP) is 2.36. The third kappa shape index (κ3) is 3.39. The van der Waals surface area contributed by atoms with Gasteiger partial charge in [-0.1, -0.05) is 12.1 Å². The van der Waals surface area contributed by atoms with E-state index in [0.717, 1.165) is 18.4 Å². The zero-order chi connectivity index (χ0) is 15.8. The largest absolute Gasteiger partial charge is 0.508 e. The van der Waals surface area contributed by atoms with E-state index in [1.54, 1.807) is 32.3 Å². The molecule has 0 saturated heterocycles. The van der Waals surface area contributed by atoms with Crippen molar-refractivity contribution in [1.82, 2.24) is 8.61 Å². The normalized spacial score (nSPS) is 19.0. The Morgan fingerprint density at radius 2 is 1.81 bits per heavy atom. The molecule has 1 N–H and O–H groups in total. The molecule has 0 aliphatic heterocycles. The molecule has 0 aromatic heterocycles. The summed E-state index contributed by atoms with van der Waals surface area (Å²) in [6.07, 6.45) is 2.21. The fourth-order valence-electron chi connectivity index (χ4n) is 2.48. The maximum absolute atomic E-state index is 12.7. The van der Waals surface area contributed by atoms with Gasteiger partial charge in [-0.25, -0.2) is 0 Å². The van der Waals surface area contributed by atoms with Gasteiger partial charge in [0.25, 0.3) is 10.2 Å². The van der Waals surface area contributed by atoms with Gasteiger partial charge in [0.2, 0.25) is 0 Å². The zero-order valence-electron chi connectivity index (χ0n) is 13.0. The molecule has 0 bridgehead atoms. The van der Waals surface area contributed by atoms with Crippen molar-refractivity contribution in [3.05, 3.63) is 29.8 Å². The smallest absolute Gasteiger partial charge is 0.282 e. The van der Waals surface area contributed by atoms with E-state index >= 15 is 0 Å². The van der Waals surface area contributed by atoms with Crippen LogP contribution in [0.5, 0.6) is 5.75 Å². The maximum Gasteiger partial charge on any atom is 0.282 e. The van der Waals surface area contributed by atoms with Gasteiger partial charge in [-0.15, -0.1) is 0 Å². The first kappa shape index (κ1) is 16.3. The van der Waals surface area contributed by atoms with Gasteiger partial charge in [0, 0.05) is 26.2 Å². The van der Waals surface area contributed by atoms with Crippen LogP contribution in [-0.2, 0) is 10.2 Å². The molecule has 5 nitrogen and oxygen atoms in total. The summed E-state index contributed by atoms with van der Waals surface area (Å²) >= 11 is 0. The lowest BCUT2D eigenvalue weighted by atomic mass is 10.1. The van der Waals surface area contributed by atoms with Gasteiger partial charge in [0.1, 0.15) is 5.75 Å². The molecular weight excluding hydrogens is 288 g/mol. The Morgan fingerprint density at radius 1 is 1.19 bits per heavy atom. The number of nitrogens with zero attached hydrogens (tertiary/aromatic N) is 2. The monoisotopic (exact) mass is 312 g/mol. The van der Waals surface area contributed by atoms with Crippen LogP contribution < -0.4 is 0 Å². The predicted molar refractivity (Wildman–Crippen MR) is 83.2 cm³/mol. The summed E-state index contributed by atoms with van der Waals surface area (Å²) in [5.74, 6) is 0.624. The summed E-state index contributed by atoms with van der Waals surface area (Å²) in [6, 6.07) is 6.40. The van der Waals surface area contributed by atoms with E-state index in [9.17, 15) is 13.5 Å². The molecule has 1 aliphatic rings. The first-order valence-electron chi connectivity index (χ1n) is 7.25. The molecule has 1 aliphatic carbocycles. The molecular formula is C15H24N2O3S. The van der Waals surface area contributed by atoms with Gasteiger partial charge in [0.05, 0.1) is 0 Å². The van der Waals surface area contributed by atoms with E-state index in [1.165, 1.54) is 8.61 Å². The van der Waals surface area contributed by atoms with Crippen molar-refractivity contribution in [2.75, 3.05) is 14.1 Å². The second kappa shape index (κ2) is 5.94. The topological polar surface area (TPSA) is 60.9 Å². The summed E-state index contributed by atoms with van der Waals surface area (Å²) in [5.41, 5.74) is 0.772. The highest BCUT2D eigenvalue weighted by Gasteiger charge is 2.38. The van der Waals surface area contributed by atoms with Crippen molar-refractivity contribution in [1.29, 1.82) is 0 Å². The van der Waals surface area contributed by atoms with Gasteiger partial charge in [0.15, 0.2) is 0 Å². The number of phenols is 1. The molecule has 1 aromatic rings. The lowest BCUT2D eigenvalue weighted by Gasteiger charge is -2.32. The quantitative estimate of drug-likeness (QED) is 0.877. The van der Waals surface area contributed by atoms with Crippen LogP contribution in [-0.4, -0.2) is 42.3 Å². The van der Waals surface area contributed by atoms with Crippen molar-refractivity contribution in [2.24, 2.45) is 5.92 Å². The van der Waals surface area contributed by atoms with Crippen LogP contribution in [0.2, 0.25) is 0 Å². The summed E-state index contributed by atoms with van der Waals surface area (Å²) < 4.78 is 28.2. The second-order valence-corrected chi connectivity index (χ2v) is 7.94. The number of hydrogen-bond donors (Lipinski definition) is 1. The van der Waals surface area contributed by atoms with E-state index in [-0.39, 0.29) is 17.8 Å². The van der Waals surface area contributed by atoms with Crippen LogP contribution in [0.25, 0.3) is 0 Å². The van der Waals surface area contributed by atoms with Gasteiger partial charge < -0.3 is 5.11 Å². The van der Waals surface area contributed by atoms with Crippen molar-refractivity contribution < 1.29 is 13.5 Å². The molecule has 21 heavy (non-hydrogen) atoms. The highest BCUT2D eigenvalue weighted by Crippen LogP contribution is 2.36. The average molecular weight is 312 g/mol. The summed E-state index contributed by atoms with van der Waals surface area (Å²) in [5, 5.41) is 9.55. The minimum atomic E-state index is -3.52. The Kier molecular flexibility index (Phi) is 4.60. The Bertz CT molecular complexity index is 599. The van der Waals surface area contributed by atoms with Crippen LogP contribution in [0.3, 0.4) is 0 Å². The van der Waals surface area contributed by atoms with Crippen molar-refractivity contribution in [3.63, 3.8) is 0 Å². The molecule has 0 unspecified atom stereocenters. The third-order valence-corrected chi connectivity index (χ3v) is 6.61. The molecule has 2 atom stereocenters. The summed E-state index contributed by atoms with van der Waals surface area (Å²) in [6.45, 7) is 3.78. The zero-order valence-corrected chi connectivity index (χ0v) is 13.8. The number of rotatable bonds is 6. The van der Waals surface area contributed by atoms with Crippen molar-refractivity contribution >= 4 is 10.2 Å². The average Bonchev–Trinajstić information content (AvgIpc) is 3.28. The third-order valence-electron chi connectivity index (χ3n) is 4.50. The molecule has 1 fully saturated rings. The summed E-state index contributed by atoms with van der Waals surface area (Å²) in [7, 11) is -0.292. The van der Waals surface area contributed by atoms with Crippen LogP contribution in [0.4, 0.5) is 0 Å². The maximum atomic E-state index is 12.7. The van der Waals surface area contributed by atoms with E-state index in [4.69, 9.17) is 0 Å². The summed E-state index contributed by atoms with van der Waals surface area (Å²) in [4.78, 5) is 0. The molecule has 1 aromatic carbocycles. The molecule has 6 heteroatoms. The Balaban J connectivity index is 2.18. The molecule has 118 valence electrons. The van der Waals surface area contributed by atoms with Gasteiger partial charge in [-0.05, 0) is 50.3 Å². The number of phenolic OH excluding ortho intramolecular Hbond substituents is 1. The lowest BCUT2D eigenvalue weighted by molar-refractivity contribution is 0.302. The second-order valence-electron chi connectivity index (χ2n) is 5.89. The van der Waals surface area contributed by atoms with Crippen LogP contribution >= 0.6 is 0 Å². The Hall–Kier alpha value is -1.11. The van der Waals surface area contributed by atoms with Crippen LogP contribution in [0.15, 0.2) is 24.3 Å². The number of aromatic hydroxyl groups is 1. The number of benzene rings is 1. The Labute approximate surface area is 127 Å².